The highest BCUT2D eigenvalue weighted by molar-refractivity contribution is 7.14. The third-order valence-corrected chi connectivity index (χ3v) is 5.21. The first-order valence-electron chi connectivity index (χ1n) is 7.08. The number of benzene rings is 1. The van der Waals surface area contributed by atoms with Crippen LogP contribution in [0.5, 0.6) is 0 Å². The van der Waals surface area contributed by atoms with E-state index in [2.05, 4.69) is 10.6 Å². The van der Waals surface area contributed by atoms with Gasteiger partial charge in [0.15, 0.2) is 0 Å². The largest absolute Gasteiger partial charge is 0.333 e. The van der Waals surface area contributed by atoms with Crippen LogP contribution < -0.4 is 10.6 Å². The van der Waals surface area contributed by atoms with Gasteiger partial charge in [0.1, 0.15) is 0 Å². The fourth-order valence-corrected chi connectivity index (χ4v) is 3.68. The zero-order chi connectivity index (χ0) is 16.9. The summed E-state index contributed by atoms with van der Waals surface area (Å²) in [4.78, 5) is 25.7. The summed E-state index contributed by atoms with van der Waals surface area (Å²) in [6, 6.07) is 12.0. The molecule has 0 aliphatic heterocycles. The first kappa shape index (κ1) is 16.7. The summed E-state index contributed by atoms with van der Waals surface area (Å²) < 4.78 is 0. The van der Waals surface area contributed by atoms with Gasteiger partial charge in [0.25, 0.3) is 0 Å². The predicted molar refractivity (Wildman–Crippen MR) is 99.4 cm³/mol. The SMILES string of the molecule is O=C(NCc1ccc(C(=O)c2ccsc2)s1)Nc1ccc(Cl)cc1. The van der Waals surface area contributed by atoms with Crippen LogP contribution in [0.25, 0.3) is 0 Å². The van der Waals surface area contributed by atoms with Crippen molar-refractivity contribution >= 4 is 51.8 Å². The zero-order valence-electron chi connectivity index (χ0n) is 12.4. The molecule has 0 aliphatic rings. The summed E-state index contributed by atoms with van der Waals surface area (Å²) in [5.41, 5.74) is 1.36. The molecule has 24 heavy (non-hydrogen) atoms. The van der Waals surface area contributed by atoms with E-state index in [4.69, 9.17) is 11.6 Å². The summed E-state index contributed by atoms with van der Waals surface area (Å²) in [6.07, 6.45) is 0. The number of carbonyl (C=O) groups excluding carboxylic acids is 2. The number of hydrogen-bond acceptors (Lipinski definition) is 4. The molecule has 0 saturated carbocycles. The van der Waals surface area contributed by atoms with Crippen LogP contribution in [0, 0.1) is 0 Å². The van der Waals surface area contributed by atoms with Crippen LogP contribution in [0.4, 0.5) is 10.5 Å². The number of thiophene rings is 2. The molecule has 7 heteroatoms. The standard InChI is InChI=1S/C17H13ClN2O2S2/c18-12-1-3-13(4-2-12)20-17(22)19-9-14-5-6-15(24-14)16(21)11-7-8-23-10-11/h1-8,10H,9H2,(H2,19,20,22). The van der Waals surface area contributed by atoms with Crippen molar-refractivity contribution in [3.8, 4) is 0 Å². The summed E-state index contributed by atoms with van der Waals surface area (Å²) in [5.74, 6) is 0.0121. The Kier molecular flexibility index (Phi) is 5.30. The van der Waals surface area contributed by atoms with E-state index in [0.717, 1.165) is 4.88 Å². The van der Waals surface area contributed by atoms with Gasteiger partial charge in [0, 0.05) is 26.5 Å². The summed E-state index contributed by atoms with van der Waals surface area (Å²) in [7, 11) is 0. The highest BCUT2D eigenvalue weighted by atomic mass is 35.5. The lowest BCUT2D eigenvalue weighted by atomic mass is 10.2. The van der Waals surface area contributed by atoms with Crippen molar-refractivity contribution in [2.45, 2.75) is 6.54 Å². The van der Waals surface area contributed by atoms with Gasteiger partial charge >= 0.3 is 6.03 Å². The lowest BCUT2D eigenvalue weighted by Gasteiger charge is -2.06. The lowest BCUT2D eigenvalue weighted by molar-refractivity contribution is 0.104. The first-order valence-corrected chi connectivity index (χ1v) is 9.21. The molecular formula is C17H13ClN2O2S2. The van der Waals surface area contributed by atoms with Crippen LogP contribution in [0.1, 0.15) is 20.1 Å². The Morgan fingerprint density at radius 2 is 1.83 bits per heavy atom. The van der Waals surface area contributed by atoms with Gasteiger partial charge in [0.05, 0.1) is 11.4 Å². The van der Waals surface area contributed by atoms with Crippen molar-refractivity contribution < 1.29 is 9.59 Å². The van der Waals surface area contributed by atoms with Crippen molar-refractivity contribution in [1.29, 1.82) is 0 Å². The molecule has 3 aromatic rings. The van der Waals surface area contributed by atoms with E-state index in [-0.39, 0.29) is 11.8 Å². The van der Waals surface area contributed by atoms with Gasteiger partial charge in [-0.05, 0) is 47.8 Å². The Morgan fingerprint density at radius 1 is 1.04 bits per heavy atom. The van der Waals surface area contributed by atoms with E-state index in [1.165, 1.54) is 22.7 Å². The minimum Gasteiger partial charge on any atom is -0.333 e. The van der Waals surface area contributed by atoms with E-state index in [1.807, 2.05) is 22.9 Å². The lowest BCUT2D eigenvalue weighted by Crippen LogP contribution is -2.27. The van der Waals surface area contributed by atoms with Gasteiger partial charge in [-0.25, -0.2) is 4.79 Å². The average molecular weight is 377 g/mol. The molecule has 0 spiro atoms. The Labute approximate surface area is 152 Å². The van der Waals surface area contributed by atoms with Crippen LogP contribution >= 0.6 is 34.3 Å². The number of anilines is 1. The molecule has 2 aromatic heterocycles. The number of urea groups is 1. The van der Waals surface area contributed by atoms with Gasteiger partial charge in [0.2, 0.25) is 5.78 Å². The fourth-order valence-electron chi connectivity index (χ4n) is 2.01. The maximum atomic E-state index is 12.2. The van der Waals surface area contributed by atoms with Crippen molar-refractivity contribution in [1.82, 2.24) is 5.32 Å². The molecule has 0 atom stereocenters. The Hall–Kier alpha value is -2.15. The molecule has 0 aliphatic carbocycles. The first-order chi connectivity index (χ1) is 11.6. The zero-order valence-corrected chi connectivity index (χ0v) is 14.8. The number of carbonyl (C=O) groups is 2. The van der Waals surface area contributed by atoms with Gasteiger partial charge in [-0.2, -0.15) is 11.3 Å². The highest BCUT2D eigenvalue weighted by Gasteiger charge is 2.12. The molecule has 0 radical (unpaired) electrons. The molecule has 2 amide bonds. The molecule has 0 unspecified atom stereocenters. The van der Waals surface area contributed by atoms with Gasteiger partial charge in [-0.3, -0.25) is 4.79 Å². The average Bonchev–Trinajstić information content (AvgIpc) is 3.26. The summed E-state index contributed by atoms with van der Waals surface area (Å²) in [6.45, 7) is 0.362. The predicted octanol–water partition coefficient (Wildman–Crippen LogP) is 5.02. The number of rotatable bonds is 5. The second-order valence-corrected chi connectivity index (χ2v) is 7.31. The Bertz CT molecular complexity index is 842. The Balaban J connectivity index is 1.54. The van der Waals surface area contributed by atoms with Crippen molar-refractivity contribution in [2.75, 3.05) is 5.32 Å². The van der Waals surface area contributed by atoms with Crippen LogP contribution in [0.2, 0.25) is 5.02 Å². The number of ketones is 1. The van der Waals surface area contributed by atoms with E-state index in [9.17, 15) is 9.59 Å². The van der Waals surface area contributed by atoms with Crippen LogP contribution in [-0.4, -0.2) is 11.8 Å². The minimum absolute atomic E-state index is 0.0121. The second kappa shape index (κ2) is 7.61. The molecular weight excluding hydrogens is 364 g/mol. The molecule has 2 N–H and O–H groups in total. The van der Waals surface area contributed by atoms with Crippen LogP contribution in [-0.2, 0) is 6.54 Å². The number of nitrogens with one attached hydrogen (secondary N) is 2. The minimum atomic E-state index is -0.309. The number of halogens is 1. The maximum Gasteiger partial charge on any atom is 0.319 e. The van der Waals surface area contributed by atoms with E-state index in [1.54, 1.807) is 30.3 Å². The van der Waals surface area contributed by atoms with Crippen LogP contribution in [0.15, 0.2) is 53.2 Å². The van der Waals surface area contributed by atoms with Crippen LogP contribution in [0.3, 0.4) is 0 Å². The van der Waals surface area contributed by atoms with E-state index < -0.39 is 0 Å². The van der Waals surface area contributed by atoms with Crippen molar-refractivity contribution in [2.24, 2.45) is 0 Å². The molecule has 1 aromatic carbocycles. The molecule has 0 bridgehead atoms. The maximum absolute atomic E-state index is 12.2. The van der Waals surface area contributed by atoms with E-state index in [0.29, 0.717) is 27.7 Å². The third kappa shape index (κ3) is 4.23. The van der Waals surface area contributed by atoms with Gasteiger partial charge < -0.3 is 10.6 Å². The fraction of sp³-hybridized carbons (Fsp3) is 0.0588. The molecule has 0 saturated heterocycles. The topological polar surface area (TPSA) is 58.2 Å². The highest BCUT2D eigenvalue weighted by Crippen LogP contribution is 2.21. The molecule has 2 heterocycles. The number of hydrogen-bond donors (Lipinski definition) is 2. The Morgan fingerprint density at radius 3 is 2.54 bits per heavy atom. The normalized spacial score (nSPS) is 10.4. The monoisotopic (exact) mass is 376 g/mol. The molecule has 4 nitrogen and oxygen atoms in total. The van der Waals surface area contributed by atoms with Gasteiger partial charge in [-0.1, -0.05) is 11.6 Å². The molecule has 3 rings (SSSR count). The summed E-state index contributed by atoms with van der Waals surface area (Å²) in [5, 5.41) is 9.81. The summed E-state index contributed by atoms with van der Waals surface area (Å²) >= 11 is 8.68. The molecule has 0 fully saturated rings. The van der Waals surface area contributed by atoms with Crippen molar-refractivity contribution in [3.63, 3.8) is 0 Å². The third-order valence-electron chi connectivity index (χ3n) is 3.19. The number of amides is 2. The second-order valence-electron chi connectivity index (χ2n) is 4.92. The van der Waals surface area contributed by atoms with E-state index >= 15 is 0 Å². The molecule has 122 valence electrons. The van der Waals surface area contributed by atoms with Gasteiger partial charge in [-0.15, -0.1) is 11.3 Å². The quantitative estimate of drug-likeness (QED) is 0.614. The smallest absolute Gasteiger partial charge is 0.319 e. The van der Waals surface area contributed by atoms with Crippen molar-refractivity contribution in [3.05, 3.63) is 73.6 Å².